The van der Waals surface area contributed by atoms with Crippen LogP contribution in [0.15, 0.2) is 22.7 Å². The van der Waals surface area contributed by atoms with Gasteiger partial charge in [0.25, 0.3) is 0 Å². The normalized spacial score (nSPS) is 12.0. The van der Waals surface area contributed by atoms with Crippen LogP contribution in [0.1, 0.15) is 24.4 Å². The van der Waals surface area contributed by atoms with Crippen molar-refractivity contribution < 1.29 is 23.6 Å². The van der Waals surface area contributed by atoms with Gasteiger partial charge in [-0.05, 0) is 25.5 Å². The van der Waals surface area contributed by atoms with Gasteiger partial charge in [0.15, 0.2) is 0 Å². The van der Waals surface area contributed by atoms with E-state index >= 15 is 0 Å². The van der Waals surface area contributed by atoms with E-state index in [0.717, 1.165) is 0 Å². The highest BCUT2D eigenvalue weighted by Gasteiger charge is 2.20. The van der Waals surface area contributed by atoms with Crippen molar-refractivity contribution in [2.45, 2.75) is 19.9 Å². The number of aliphatic carboxylic acids is 1. The molecule has 0 aliphatic carbocycles. The summed E-state index contributed by atoms with van der Waals surface area (Å²) in [5.41, 5.74) is 0.911. The Kier molecular flexibility index (Phi) is 3.97. The number of halogens is 1. The Balaban J connectivity index is 2.19. The third-order valence-corrected chi connectivity index (χ3v) is 2.78. The molecule has 0 saturated heterocycles. The molecule has 0 aliphatic rings. The first-order valence-electron chi connectivity index (χ1n) is 6.02. The maximum absolute atomic E-state index is 13.5. The predicted octanol–water partition coefficient (Wildman–Crippen LogP) is 1.45. The molecule has 0 unspecified atom stereocenters. The van der Waals surface area contributed by atoms with Gasteiger partial charge in [-0.2, -0.15) is 4.98 Å². The Morgan fingerprint density at radius 3 is 2.76 bits per heavy atom. The van der Waals surface area contributed by atoms with Gasteiger partial charge >= 0.3 is 11.9 Å². The van der Waals surface area contributed by atoms with Crippen LogP contribution in [0.25, 0.3) is 11.4 Å². The summed E-state index contributed by atoms with van der Waals surface area (Å²) in [7, 11) is 0. The van der Waals surface area contributed by atoms with E-state index in [9.17, 15) is 14.0 Å². The Hall–Kier alpha value is -2.77. The lowest BCUT2D eigenvalue weighted by Crippen LogP contribution is -2.32. The molecule has 0 fully saturated rings. The summed E-state index contributed by atoms with van der Waals surface area (Å²) in [6.45, 7) is 3.12. The highest BCUT2D eigenvalue weighted by atomic mass is 19.1. The van der Waals surface area contributed by atoms with Crippen molar-refractivity contribution in [1.29, 1.82) is 0 Å². The van der Waals surface area contributed by atoms with Gasteiger partial charge in [-0.15, -0.1) is 0 Å². The Bertz CT molecular complexity index is 698. The van der Waals surface area contributed by atoms with Crippen molar-refractivity contribution in [2.24, 2.45) is 0 Å². The first-order chi connectivity index (χ1) is 9.88. The fraction of sp³-hybridized carbons (Fsp3) is 0.231. The predicted molar refractivity (Wildman–Crippen MR) is 68.6 cm³/mol. The zero-order chi connectivity index (χ0) is 15.6. The van der Waals surface area contributed by atoms with E-state index in [4.69, 9.17) is 9.63 Å². The number of carbonyl (C=O) groups excluding carboxylic acids is 1. The van der Waals surface area contributed by atoms with Gasteiger partial charge in [-0.25, -0.2) is 9.18 Å². The number of nitrogens with one attached hydrogen (secondary N) is 1. The summed E-state index contributed by atoms with van der Waals surface area (Å²) < 4.78 is 18.4. The lowest BCUT2D eigenvalue weighted by atomic mass is 10.1. The van der Waals surface area contributed by atoms with Crippen LogP contribution in [0, 0.1) is 12.7 Å². The fourth-order valence-corrected chi connectivity index (χ4v) is 1.58. The van der Waals surface area contributed by atoms with Gasteiger partial charge in [-0.1, -0.05) is 17.3 Å². The number of hydrogen-bond donors (Lipinski definition) is 2. The molecule has 8 heteroatoms. The average Bonchev–Trinajstić information content (AvgIpc) is 2.91. The van der Waals surface area contributed by atoms with Crippen molar-refractivity contribution in [1.82, 2.24) is 15.5 Å². The van der Waals surface area contributed by atoms with Gasteiger partial charge in [0.1, 0.15) is 11.9 Å². The van der Waals surface area contributed by atoms with Crippen LogP contribution in [0.2, 0.25) is 0 Å². The fourth-order valence-electron chi connectivity index (χ4n) is 1.58. The molecule has 2 rings (SSSR count). The minimum atomic E-state index is -1.61. The lowest BCUT2D eigenvalue weighted by Gasteiger charge is -2.06. The minimum Gasteiger partial charge on any atom is -0.474 e. The quantitative estimate of drug-likeness (QED) is 0.830. The summed E-state index contributed by atoms with van der Waals surface area (Å²) in [5.74, 6) is -3.00. The summed E-state index contributed by atoms with van der Waals surface area (Å²) in [6, 6.07) is 3.71. The van der Waals surface area contributed by atoms with E-state index in [1.54, 1.807) is 19.1 Å². The SMILES string of the molecule is Cc1ccc(-c2noc([C@H](C)NC(=O)C(=O)O)n2)cc1F. The molecular weight excluding hydrogens is 281 g/mol. The molecule has 7 nitrogen and oxygen atoms in total. The lowest BCUT2D eigenvalue weighted by molar-refractivity contribution is -0.150. The molecule has 1 aromatic heterocycles. The molecule has 1 heterocycles. The standard InChI is InChI=1S/C13H12FN3O4/c1-6-3-4-8(5-9(6)14)10-16-12(21-17-10)7(2)15-11(18)13(19)20/h3-5,7H,1-2H3,(H,15,18)(H,19,20)/t7-/m0/s1. The highest BCUT2D eigenvalue weighted by Crippen LogP contribution is 2.20. The zero-order valence-corrected chi connectivity index (χ0v) is 11.3. The molecule has 0 bridgehead atoms. The Labute approximate surface area is 118 Å². The van der Waals surface area contributed by atoms with E-state index in [1.165, 1.54) is 13.0 Å². The molecule has 0 aliphatic heterocycles. The molecule has 1 amide bonds. The molecule has 0 spiro atoms. The number of benzene rings is 1. The maximum Gasteiger partial charge on any atom is 0.394 e. The summed E-state index contributed by atoms with van der Waals surface area (Å²) in [4.78, 5) is 25.5. The third-order valence-electron chi connectivity index (χ3n) is 2.78. The van der Waals surface area contributed by atoms with E-state index < -0.39 is 23.7 Å². The number of carboxylic acids is 1. The monoisotopic (exact) mass is 293 g/mol. The van der Waals surface area contributed by atoms with E-state index in [0.29, 0.717) is 11.1 Å². The van der Waals surface area contributed by atoms with Gasteiger partial charge in [0.2, 0.25) is 11.7 Å². The van der Waals surface area contributed by atoms with Crippen LogP contribution in [0.5, 0.6) is 0 Å². The van der Waals surface area contributed by atoms with Crippen molar-refractivity contribution in [3.05, 3.63) is 35.5 Å². The third kappa shape index (κ3) is 3.22. The second kappa shape index (κ2) is 5.70. The summed E-state index contributed by atoms with van der Waals surface area (Å²) in [6.07, 6.45) is 0. The molecule has 1 atom stereocenters. The van der Waals surface area contributed by atoms with Gasteiger partial charge in [0, 0.05) is 5.56 Å². The first kappa shape index (κ1) is 14.6. The van der Waals surface area contributed by atoms with Crippen LogP contribution in [-0.4, -0.2) is 27.1 Å². The van der Waals surface area contributed by atoms with Gasteiger partial charge in [-0.3, -0.25) is 4.79 Å². The van der Waals surface area contributed by atoms with Crippen molar-refractivity contribution >= 4 is 11.9 Å². The van der Waals surface area contributed by atoms with Crippen LogP contribution in [-0.2, 0) is 9.59 Å². The topological polar surface area (TPSA) is 105 Å². The number of rotatable bonds is 3. The molecule has 1 aromatic carbocycles. The molecule has 110 valence electrons. The van der Waals surface area contributed by atoms with Gasteiger partial charge < -0.3 is 14.9 Å². The van der Waals surface area contributed by atoms with E-state index in [1.807, 2.05) is 0 Å². The zero-order valence-electron chi connectivity index (χ0n) is 11.3. The van der Waals surface area contributed by atoms with E-state index in [-0.39, 0.29) is 11.7 Å². The number of carboxylic acid groups (broad SMARTS) is 1. The number of aryl methyl sites for hydroxylation is 1. The summed E-state index contributed by atoms with van der Waals surface area (Å²) in [5, 5.41) is 14.3. The van der Waals surface area contributed by atoms with Crippen LogP contribution < -0.4 is 5.32 Å². The number of amides is 1. The second-order valence-corrected chi connectivity index (χ2v) is 4.42. The molecular formula is C13H12FN3O4. The maximum atomic E-state index is 13.5. The highest BCUT2D eigenvalue weighted by molar-refractivity contribution is 6.31. The van der Waals surface area contributed by atoms with Gasteiger partial charge in [0.05, 0.1) is 0 Å². The van der Waals surface area contributed by atoms with Crippen molar-refractivity contribution in [3.63, 3.8) is 0 Å². The van der Waals surface area contributed by atoms with Crippen LogP contribution >= 0.6 is 0 Å². The number of nitrogens with zero attached hydrogens (tertiary/aromatic N) is 2. The second-order valence-electron chi connectivity index (χ2n) is 4.42. The molecule has 2 aromatic rings. The van der Waals surface area contributed by atoms with E-state index in [2.05, 4.69) is 15.5 Å². The molecule has 0 saturated carbocycles. The largest absolute Gasteiger partial charge is 0.474 e. The summed E-state index contributed by atoms with van der Waals surface area (Å²) >= 11 is 0. The minimum absolute atomic E-state index is 0.0283. The van der Waals surface area contributed by atoms with Crippen LogP contribution in [0.3, 0.4) is 0 Å². The number of hydrogen-bond acceptors (Lipinski definition) is 5. The molecule has 21 heavy (non-hydrogen) atoms. The Morgan fingerprint density at radius 1 is 1.43 bits per heavy atom. The average molecular weight is 293 g/mol. The molecule has 0 radical (unpaired) electrons. The smallest absolute Gasteiger partial charge is 0.394 e. The number of carbonyl (C=O) groups is 2. The molecule has 2 N–H and O–H groups in total. The Morgan fingerprint density at radius 2 is 2.14 bits per heavy atom. The number of aromatic nitrogens is 2. The van der Waals surface area contributed by atoms with Crippen molar-refractivity contribution in [2.75, 3.05) is 0 Å². The van der Waals surface area contributed by atoms with Crippen molar-refractivity contribution in [3.8, 4) is 11.4 Å². The first-order valence-corrected chi connectivity index (χ1v) is 6.02. The van der Waals surface area contributed by atoms with Crippen LogP contribution in [0.4, 0.5) is 4.39 Å².